The SMILES string of the molecule is Cc1ccc(SCC(=O)Cc2ccc(F)c(F)c2)cc1. The van der Waals surface area contributed by atoms with Crippen LogP contribution in [0.1, 0.15) is 11.1 Å². The third kappa shape index (κ3) is 4.17. The maximum Gasteiger partial charge on any atom is 0.159 e. The number of hydrogen-bond acceptors (Lipinski definition) is 2. The fourth-order valence-corrected chi connectivity index (χ4v) is 2.48. The molecule has 0 unspecified atom stereocenters. The van der Waals surface area contributed by atoms with E-state index in [1.807, 2.05) is 31.2 Å². The molecule has 0 N–H and O–H groups in total. The summed E-state index contributed by atoms with van der Waals surface area (Å²) in [7, 11) is 0. The predicted molar refractivity (Wildman–Crippen MR) is 77.0 cm³/mol. The van der Waals surface area contributed by atoms with E-state index in [9.17, 15) is 13.6 Å². The fraction of sp³-hybridized carbons (Fsp3) is 0.188. The first-order chi connectivity index (χ1) is 9.54. The highest BCUT2D eigenvalue weighted by atomic mass is 32.2. The van der Waals surface area contributed by atoms with Crippen LogP contribution in [0, 0.1) is 18.6 Å². The predicted octanol–water partition coefficient (Wildman–Crippen LogP) is 4.18. The minimum Gasteiger partial charge on any atom is -0.298 e. The summed E-state index contributed by atoms with van der Waals surface area (Å²) in [6.07, 6.45) is 0.121. The number of benzene rings is 2. The van der Waals surface area contributed by atoms with Crippen LogP contribution in [-0.4, -0.2) is 11.5 Å². The number of rotatable bonds is 5. The van der Waals surface area contributed by atoms with Crippen molar-refractivity contribution in [1.82, 2.24) is 0 Å². The molecule has 0 fully saturated rings. The molecule has 0 heterocycles. The summed E-state index contributed by atoms with van der Waals surface area (Å²) < 4.78 is 25.8. The van der Waals surface area contributed by atoms with Crippen molar-refractivity contribution in [3.8, 4) is 0 Å². The van der Waals surface area contributed by atoms with Gasteiger partial charge in [-0.1, -0.05) is 23.8 Å². The monoisotopic (exact) mass is 292 g/mol. The summed E-state index contributed by atoms with van der Waals surface area (Å²) >= 11 is 1.45. The number of thioether (sulfide) groups is 1. The highest BCUT2D eigenvalue weighted by Gasteiger charge is 2.08. The van der Waals surface area contributed by atoms with Crippen LogP contribution in [-0.2, 0) is 11.2 Å². The molecule has 0 aromatic heterocycles. The minimum absolute atomic E-state index is 0.0124. The van der Waals surface area contributed by atoms with Crippen molar-refractivity contribution in [2.75, 3.05) is 5.75 Å². The van der Waals surface area contributed by atoms with E-state index in [0.29, 0.717) is 11.3 Å². The van der Waals surface area contributed by atoms with Crippen LogP contribution in [0.3, 0.4) is 0 Å². The molecule has 0 aliphatic carbocycles. The number of carbonyl (C=O) groups is 1. The average molecular weight is 292 g/mol. The summed E-state index contributed by atoms with van der Waals surface area (Å²) in [6.45, 7) is 2.00. The Hall–Kier alpha value is -1.68. The zero-order valence-electron chi connectivity index (χ0n) is 11.0. The molecule has 104 valence electrons. The van der Waals surface area contributed by atoms with E-state index >= 15 is 0 Å². The number of ketones is 1. The van der Waals surface area contributed by atoms with Crippen LogP contribution < -0.4 is 0 Å². The topological polar surface area (TPSA) is 17.1 Å². The van der Waals surface area contributed by atoms with E-state index in [2.05, 4.69) is 0 Å². The summed E-state index contributed by atoms with van der Waals surface area (Å²) in [5.41, 5.74) is 1.67. The smallest absolute Gasteiger partial charge is 0.159 e. The zero-order chi connectivity index (χ0) is 14.5. The van der Waals surface area contributed by atoms with Crippen LogP contribution in [0.25, 0.3) is 0 Å². The van der Waals surface area contributed by atoms with Gasteiger partial charge in [-0.3, -0.25) is 4.79 Å². The number of halogens is 2. The lowest BCUT2D eigenvalue weighted by molar-refractivity contribution is -0.116. The van der Waals surface area contributed by atoms with Crippen molar-refractivity contribution >= 4 is 17.5 Å². The van der Waals surface area contributed by atoms with Gasteiger partial charge in [0.1, 0.15) is 5.78 Å². The van der Waals surface area contributed by atoms with Gasteiger partial charge in [0.15, 0.2) is 11.6 Å². The van der Waals surface area contributed by atoms with E-state index < -0.39 is 11.6 Å². The van der Waals surface area contributed by atoms with Gasteiger partial charge in [0, 0.05) is 11.3 Å². The summed E-state index contributed by atoms with van der Waals surface area (Å²) in [5, 5.41) is 0. The van der Waals surface area contributed by atoms with E-state index in [0.717, 1.165) is 17.0 Å². The minimum atomic E-state index is -0.915. The van der Waals surface area contributed by atoms with Crippen molar-refractivity contribution in [1.29, 1.82) is 0 Å². The molecular formula is C16H14F2OS. The first kappa shape index (κ1) is 14.7. The van der Waals surface area contributed by atoms with Gasteiger partial charge >= 0.3 is 0 Å². The van der Waals surface area contributed by atoms with Crippen LogP contribution in [0.15, 0.2) is 47.4 Å². The first-order valence-corrected chi connectivity index (χ1v) is 7.18. The normalized spacial score (nSPS) is 10.6. The van der Waals surface area contributed by atoms with Gasteiger partial charge in [0.05, 0.1) is 5.75 Å². The summed E-state index contributed by atoms with van der Waals surface area (Å²) in [5.74, 6) is -1.50. The standard InChI is InChI=1S/C16H14F2OS/c1-11-2-5-14(6-3-11)20-10-13(19)8-12-4-7-15(17)16(18)9-12/h2-7,9H,8,10H2,1H3. The number of Topliss-reactive ketones (excluding diaryl/α,β-unsaturated/α-hetero) is 1. The highest BCUT2D eigenvalue weighted by Crippen LogP contribution is 2.19. The molecule has 0 aliphatic rings. The second kappa shape index (κ2) is 6.66. The van der Waals surface area contributed by atoms with Crippen LogP contribution >= 0.6 is 11.8 Å². The third-order valence-electron chi connectivity index (χ3n) is 2.81. The Kier molecular flexibility index (Phi) is 4.90. The Morgan fingerprint density at radius 1 is 1.05 bits per heavy atom. The Morgan fingerprint density at radius 3 is 2.40 bits per heavy atom. The molecule has 2 aromatic carbocycles. The molecule has 0 saturated heterocycles. The lowest BCUT2D eigenvalue weighted by atomic mass is 10.1. The van der Waals surface area contributed by atoms with E-state index in [1.165, 1.54) is 23.4 Å². The molecule has 0 atom stereocenters. The van der Waals surface area contributed by atoms with Crippen molar-refractivity contribution in [3.05, 3.63) is 65.2 Å². The van der Waals surface area contributed by atoms with Crippen molar-refractivity contribution < 1.29 is 13.6 Å². The van der Waals surface area contributed by atoms with Crippen LogP contribution in [0.4, 0.5) is 8.78 Å². The lowest BCUT2D eigenvalue weighted by Gasteiger charge is -2.03. The summed E-state index contributed by atoms with van der Waals surface area (Å²) in [6, 6.07) is 11.5. The van der Waals surface area contributed by atoms with Crippen LogP contribution in [0.5, 0.6) is 0 Å². The second-order valence-electron chi connectivity index (χ2n) is 4.57. The molecule has 0 amide bonds. The van der Waals surface area contributed by atoms with Crippen LogP contribution in [0.2, 0.25) is 0 Å². The highest BCUT2D eigenvalue weighted by molar-refractivity contribution is 8.00. The molecule has 2 aromatic rings. The number of hydrogen-bond donors (Lipinski definition) is 0. The van der Waals surface area contributed by atoms with Crippen molar-refractivity contribution in [2.24, 2.45) is 0 Å². The van der Waals surface area contributed by atoms with Gasteiger partial charge in [0.25, 0.3) is 0 Å². The zero-order valence-corrected chi connectivity index (χ0v) is 11.8. The molecule has 0 bridgehead atoms. The van der Waals surface area contributed by atoms with Gasteiger partial charge in [-0.25, -0.2) is 8.78 Å². The third-order valence-corrected chi connectivity index (χ3v) is 3.88. The van der Waals surface area contributed by atoms with Gasteiger partial charge in [0.2, 0.25) is 0 Å². The van der Waals surface area contributed by atoms with Gasteiger partial charge < -0.3 is 0 Å². The summed E-state index contributed by atoms with van der Waals surface area (Å²) in [4.78, 5) is 12.8. The Labute approximate surface area is 121 Å². The maximum atomic E-state index is 13.0. The molecule has 1 nitrogen and oxygen atoms in total. The van der Waals surface area contributed by atoms with Crippen molar-refractivity contribution in [2.45, 2.75) is 18.2 Å². The molecule has 0 spiro atoms. The Morgan fingerprint density at radius 2 is 1.75 bits per heavy atom. The Bertz CT molecular complexity index is 608. The molecule has 2 rings (SSSR count). The molecular weight excluding hydrogens is 278 g/mol. The molecule has 20 heavy (non-hydrogen) atoms. The molecule has 0 saturated carbocycles. The lowest BCUT2D eigenvalue weighted by Crippen LogP contribution is -2.06. The fourth-order valence-electron chi connectivity index (χ4n) is 1.73. The largest absolute Gasteiger partial charge is 0.298 e. The molecule has 4 heteroatoms. The molecule has 0 aliphatic heterocycles. The van der Waals surface area contributed by atoms with Crippen molar-refractivity contribution in [3.63, 3.8) is 0 Å². The molecule has 0 radical (unpaired) electrons. The van der Waals surface area contributed by atoms with Gasteiger partial charge in [-0.05, 0) is 36.8 Å². The number of carbonyl (C=O) groups excluding carboxylic acids is 1. The second-order valence-corrected chi connectivity index (χ2v) is 5.61. The van der Waals surface area contributed by atoms with E-state index in [4.69, 9.17) is 0 Å². The average Bonchev–Trinajstić information content (AvgIpc) is 2.42. The van der Waals surface area contributed by atoms with E-state index in [1.54, 1.807) is 0 Å². The quantitative estimate of drug-likeness (QED) is 0.769. The Balaban J connectivity index is 1.89. The van der Waals surface area contributed by atoms with Gasteiger partial charge in [-0.2, -0.15) is 0 Å². The first-order valence-electron chi connectivity index (χ1n) is 6.19. The maximum absolute atomic E-state index is 13.0. The van der Waals surface area contributed by atoms with E-state index in [-0.39, 0.29) is 12.2 Å². The van der Waals surface area contributed by atoms with Gasteiger partial charge in [-0.15, -0.1) is 11.8 Å². The number of aryl methyl sites for hydroxylation is 1.